The third kappa shape index (κ3) is 3.18. The van der Waals surface area contributed by atoms with Crippen molar-refractivity contribution in [2.45, 2.75) is 31.7 Å². The molecule has 26 heavy (non-hydrogen) atoms. The second kappa shape index (κ2) is 6.45. The molecule has 1 aromatic heterocycles. The van der Waals surface area contributed by atoms with E-state index >= 15 is 0 Å². The third-order valence-corrected chi connectivity index (χ3v) is 7.07. The van der Waals surface area contributed by atoms with Crippen molar-refractivity contribution < 1.29 is 13.2 Å². The topological polar surface area (TPSA) is 95.5 Å². The highest BCUT2D eigenvalue weighted by Gasteiger charge is 2.58. The van der Waals surface area contributed by atoms with Gasteiger partial charge in [0.15, 0.2) is 0 Å². The average Bonchev–Trinajstić information content (AvgIpc) is 3.35. The van der Waals surface area contributed by atoms with E-state index in [-0.39, 0.29) is 18.5 Å². The van der Waals surface area contributed by atoms with Gasteiger partial charge in [-0.05, 0) is 37.7 Å². The minimum absolute atomic E-state index is 0.0267. The second-order valence-electron chi connectivity index (χ2n) is 7.73. The van der Waals surface area contributed by atoms with E-state index in [1.165, 1.54) is 10.6 Å². The Labute approximate surface area is 154 Å². The number of fused-ring (bicyclic) bond motifs is 1. The number of amides is 1. The number of sulfonamides is 1. The van der Waals surface area contributed by atoms with E-state index in [4.69, 9.17) is 0 Å². The van der Waals surface area contributed by atoms with Crippen LogP contribution in [0.2, 0.25) is 0 Å². The summed E-state index contributed by atoms with van der Waals surface area (Å²) >= 11 is 0. The first-order valence-corrected chi connectivity index (χ1v) is 11.0. The van der Waals surface area contributed by atoms with Crippen molar-refractivity contribution in [3.8, 4) is 0 Å². The molecule has 2 saturated heterocycles. The third-order valence-electron chi connectivity index (χ3n) is 5.85. The molecule has 3 heterocycles. The van der Waals surface area contributed by atoms with Gasteiger partial charge in [0.2, 0.25) is 21.9 Å². The Morgan fingerprint density at radius 3 is 2.73 bits per heavy atom. The summed E-state index contributed by atoms with van der Waals surface area (Å²) in [4.78, 5) is 23.9. The lowest BCUT2D eigenvalue weighted by molar-refractivity contribution is -0.132. The second-order valence-corrected chi connectivity index (χ2v) is 9.71. The molecular weight excluding hydrogens is 354 g/mol. The lowest BCUT2D eigenvalue weighted by Crippen LogP contribution is -2.59. The van der Waals surface area contributed by atoms with E-state index in [1.807, 2.05) is 4.90 Å². The maximum absolute atomic E-state index is 13.2. The van der Waals surface area contributed by atoms with Crippen LogP contribution >= 0.6 is 0 Å². The van der Waals surface area contributed by atoms with Gasteiger partial charge >= 0.3 is 0 Å². The van der Waals surface area contributed by atoms with Gasteiger partial charge in [-0.25, -0.2) is 18.4 Å². The maximum Gasteiger partial charge on any atom is 0.229 e. The van der Waals surface area contributed by atoms with Crippen LogP contribution in [0.3, 0.4) is 0 Å². The van der Waals surface area contributed by atoms with Gasteiger partial charge in [0, 0.05) is 38.6 Å². The summed E-state index contributed by atoms with van der Waals surface area (Å²) in [6.07, 6.45) is 8.38. The van der Waals surface area contributed by atoms with Crippen LogP contribution in [0.1, 0.15) is 25.7 Å². The molecule has 9 heteroatoms. The lowest BCUT2D eigenvalue weighted by Gasteiger charge is -2.44. The van der Waals surface area contributed by atoms with Crippen LogP contribution in [0.15, 0.2) is 18.5 Å². The normalized spacial score (nSPS) is 29.4. The van der Waals surface area contributed by atoms with Crippen molar-refractivity contribution in [2.75, 3.05) is 37.3 Å². The molecule has 8 nitrogen and oxygen atoms in total. The molecule has 1 N–H and O–H groups in total. The predicted molar refractivity (Wildman–Crippen MR) is 97.0 cm³/mol. The molecule has 2 aliphatic heterocycles. The monoisotopic (exact) mass is 379 g/mol. The number of nitrogens with one attached hydrogen (secondary N) is 1. The first-order chi connectivity index (χ1) is 12.4. The Morgan fingerprint density at radius 1 is 1.35 bits per heavy atom. The highest BCUT2D eigenvalue weighted by atomic mass is 32.2. The smallest absolute Gasteiger partial charge is 0.229 e. The van der Waals surface area contributed by atoms with E-state index in [2.05, 4.69) is 15.3 Å². The number of hydrogen-bond acceptors (Lipinski definition) is 6. The Hall–Kier alpha value is -1.74. The molecule has 0 bridgehead atoms. The molecule has 4 rings (SSSR count). The van der Waals surface area contributed by atoms with E-state index < -0.39 is 15.4 Å². The zero-order chi connectivity index (χ0) is 18.4. The van der Waals surface area contributed by atoms with Crippen LogP contribution < -0.4 is 10.2 Å². The first-order valence-electron chi connectivity index (χ1n) is 9.17. The number of piperidine rings is 1. The van der Waals surface area contributed by atoms with Crippen molar-refractivity contribution in [3.63, 3.8) is 0 Å². The quantitative estimate of drug-likeness (QED) is 0.787. The Balaban J connectivity index is 1.66. The van der Waals surface area contributed by atoms with Crippen molar-refractivity contribution in [1.82, 2.24) is 19.6 Å². The molecular formula is C17H25N5O3S. The predicted octanol–water partition coefficient (Wildman–Crippen LogP) is 0.233. The SMILES string of the molecule is CS(=O)(=O)N1C[C@H]2N(c3ncccn3)CCC[C@@]2(C(=O)NCC2CC2)C1. The van der Waals surface area contributed by atoms with Crippen LogP contribution in [0.4, 0.5) is 5.95 Å². The summed E-state index contributed by atoms with van der Waals surface area (Å²) in [7, 11) is -3.37. The van der Waals surface area contributed by atoms with Crippen molar-refractivity contribution in [2.24, 2.45) is 11.3 Å². The Morgan fingerprint density at radius 2 is 2.08 bits per heavy atom. The van der Waals surface area contributed by atoms with Gasteiger partial charge in [0.25, 0.3) is 0 Å². The molecule has 1 aromatic rings. The molecule has 1 aliphatic carbocycles. The Kier molecular flexibility index (Phi) is 4.38. The van der Waals surface area contributed by atoms with Crippen molar-refractivity contribution in [3.05, 3.63) is 18.5 Å². The molecule has 3 aliphatic rings. The number of carbonyl (C=O) groups excluding carboxylic acids is 1. The Bertz CT molecular complexity index is 783. The molecule has 0 spiro atoms. The fourth-order valence-electron chi connectivity index (χ4n) is 4.22. The number of aromatic nitrogens is 2. The van der Waals surface area contributed by atoms with Gasteiger partial charge < -0.3 is 10.2 Å². The standard InChI is InChI=1S/C17H25N5O3S/c1-26(24,25)21-11-14-17(12-21,15(23)20-10-13-4-5-13)6-2-9-22(14)16-18-7-3-8-19-16/h3,7-8,13-14H,2,4-6,9-12H2,1H3,(H,20,23)/t14-,17-/m1/s1. The molecule has 1 saturated carbocycles. The minimum atomic E-state index is -3.37. The summed E-state index contributed by atoms with van der Waals surface area (Å²) in [5, 5.41) is 3.09. The highest BCUT2D eigenvalue weighted by Crippen LogP contribution is 2.44. The van der Waals surface area contributed by atoms with Gasteiger partial charge in [-0.2, -0.15) is 4.31 Å². The van der Waals surface area contributed by atoms with E-state index in [0.717, 1.165) is 25.8 Å². The summed E-state index contributed by atoms with van der Waals surface area (Å²) in [6, 6.07) is 1.51. The number of anilines is 1. The van der Waals surface area contributed by atoms with Gasteiger partial charge in [-0.15, -0.1) is 0 Å². The molecule has 0 radical (unpaired) electrons. The molecule has 0 unspecified atom stereocenters. The zero-order valence-electron chi connectivity index (χ0n) is 15.0. The highest BCUT2D eigenvalue weighted by molar-refractivity contribution is 7.88. The molecule has 2 atom stereocenters. The van der Waals surface area contributed by atoms with Gasteiger partial charge in [-0.3, -0.25) is 4.79 Å². The van der Waals surface area contributed by atoms with Gasteiger partial charge in [0.1, 0.15) is 0 Å². The van der Waals surface area contributed by atoms with Crippen molar-refractivity contribution >= 4 is 21.9 Å². The van der Waals surface area contributed by atoms with Crippen LogP contribution in [-0.4, -0.2) is 67.1 Å². The van der Waals surface area contributed by atoms with Gasteiger partial charge in [-0.1, -0.05) is 0 Å². The fourth-order valence-corrected chi connectivity index (χ4v) is 5.10. The van der Waals surface area contributed by atoms with Crippen LogP contribution in [-0.2, 0) is 14.8 Å². The van der Waals surface area contributed by atoms with Crippen LogP contribution in [0, 0.1) is 11.3 Å². The number of carbonyl (C=O) groups is 1. The molecule has 0 aromatic carbocycles. The van der Waals surface area contributed by atoms with Gasteiger partial charge in [0.05, 0.1) is 17.7 Å². The number of nitrogens with zero attached hydrogens (tertiary/aromatic N) is 4. The lowest BCUT2D eigenvalue weighted by atomic mass is 9.74. The molecule has 142 valence electrons. The molecule has 1 amide bonds. The van der Waals surface area contributed by atoms with Crippen molar-refractivity contribution in [1.29, 1.82) is 0 Å². The summed E-state index contributed by atoms with van der Waals surface area (Å²) in [6.45, 7) is 1.95. The fraction of sp³-hybridized carbons (Fsp3) is 0.706. The first kappa shape index (κ1) is 17.7. The average molecular weight is 379 g/mol. The summed E-state index contributed by atoms with van der Waals surface area (Å²) in [5.41, 5.74) is -0.741. The van der Waals surface area contributed by atoms with Crippen LogP contribution in [0.25, 0.3) is 0 Å². The maximum atomic E-state index is 13.2. The van der Waals surface area contributed by atoms with E-state index in [9.17, 15) is 13.2 Å². The zero-order valence-corrected chi connectivity index (χ0v) is 15.8. The largest absolute Gasteiger partial charge is 0.355 e. The summed E-state index contributed by atoms with van der Waals surface area (Å²) < 4.78 is 25.9. The van der Waals surface area contributed by atoms with E-state index in [1.54, 1.807) is 18.5 Å². The minimum Gasteiger partial charge on any atom is -0.355 e. The van der Waals surface area contributed by atoms with Crippen LogP contribution in [0.5, 0.6) is 0 Å². The molecule has 3 fully saturated rings. The van der Waals surface area contributed by atoms with E-state index in [0.29, 0.717) is 31.4 Å². The number of hydrogen-bond donors (Lipinski definition) is 1. The number of rotatable bonds is 5. The summed E-state index contributed by atoms with van der Waals surface area (Å²) in [5.74, 6) is 1.12.